The number of aliphatic hydroxyl groups excluding tert-OH is 1. The molecule has 0 saturated carbocycles. The molecule has 0 aliphatic heterocycles. The number of methoxy groups -OCH3 is 1. The zero-order chi connectivity index (χ0) is 14.1. The van der Waals surface area contributed by atoms with Crippen LogP contribution < -0.4 is 5.73 Å². The van der Waals surface area contributed by atoms with Crippen molar-refractivity contribution in [1.82, 2.24) is 0 Å². The molecule has 0 rings (SSSR count). The number of ether oxygens (including phenoxy) is 3. The van der Waals surface area contributed by atoms with E-state index in [1.165, 1.54) is 0 Å². The van der Waals surface area contributed by atoms with E-state index in [0.717, 1.165) is 12.8 Å². The van der Waals surface area contributed by atoms with Gasteiger partial charge in [-0.25, -0.2) is 0 Å². The van der Waals surface area contributed by atoms with Gasteiger partial charge < -0.3 is 25.1 Å². The van der Waals surface area contributed by atoms with Gasteiger partial charge in [0.15, 0.2) is 0 Å². The van der Waals surface area contributed by atoms with E-state index in [1.54, 1.807) is 14.0 Å². The molecule has 18 heavy (non-hydrogen) atoms. The molecule has 110 valence electrons. The standard InChI is InChI=1S/C13H29NO4/c1-5-12(2,17-11-10-16-4)7-9-18-13(3,14)6-8-15/h15H,5-11,14H2,1-4H3. The van der Waals surface area contributed by atoms with Crippen LogP contribution in [0.25, 0.3) is 0 Å². The van der Waals surface area contributed by atoms with Crippen LogP contribution in [0, 0.1) is 0 Å². The molecule has 0 aromatic carbocycles. The van der Waals surface area contributed by atoms with Gasteiger partial charge in [-0.05, 0) is 26.7 Å². The molecular formula is C13H29NO4. The summed E-state index contributed by atoms with van der Waals surface area (Å²) in [5.74, 6) is 0. The second-order valence-corrected chi connectivity index (χ2v) is 5.03. The maximum absolute atomic E-state index is 8.85. The van der Waals surface area contributed by atoms with Gasteiger partial charge in [-0.15, -0.1) is 0 Å². The molecule has 0 heterocycles. The van der Waals surface area contributed by atoms with E-state index < -0.39 is 5.72 Å². The van der Waals surface area contributed by atoms with Crippen molar-refractivity contribution in [2.45, 2.75) is 51.4 Å². The summed E-state index contributed by atoms with van der Waals surface area (Å²) in [7, 11) is 1.66. The Bertz CT molecular complexity index is 211. The van der Waals surface area contributed by atoms with Gasteiger partial charge in [-0.3, -0.25) is 0 Å². The van der Waals surface area contributed by atoms with Crippen LogP contribution in [0.2, 0.25) is 0 Å². The number of nitrogens with two attached hydrogens (primary N) is 1. The Morgan fingerprint density at radius 1 is 1.06 bits per heavy atom. The molecule has 0 aliphatic rings. The fraction of sp³-hybridized carbons (Fsp3) is 1.00. The summed E-state index contributed by atoms with van der Waals surface area (Å²) in [6.07, 6.45) is 2.10. The summed E-state index contributed by atoms with van der Waals surface area (Å²) < 4.78 is 16.3. The van der Waals surface area contributed by atoms with Crippen LogP contribution in [0.15, 0.2) is 0 Å². The molecule has 2 atom stereocenters. The number of aliphatic hydroxyl groups is 1. The van der Waals surface area contributed by atoms with Gasteiger partial charge in [0.05, 0.1) is 25.4 Å². The molecule has 5 nitrogen and oxygen atoms in total. The normalized spacial score (nSPS) is 18.3. The molecule has 0 amide bonds. The Labute approximate surface area is 111 Å². The Morgan fingerprint density at radius 3 is 2.22 bits per heavy atom. The third-order valence-corrected chi connectivity index (χ3v) is 3.16. The van der Waals surface area contributed by atoms with Gasteiger partial charge >= 0.3 is 0 Å². The van der Waals surface area contributed by atoms with E-state index in [4.69, 9.17) is 25.1 Å². The van der Waals surface area contributed by atoms with Crippen LogP contribution >= 0.6 is 0 Å². The first kappa shape index (κ1) is 17.8. The molecule has 0 fully saturated rings. The molecule has 0 saturated heterocycles. The molecule has 5 heteroatoms. The van der Waals surface area contributed by atoms with Crippen molar-refractivity contribution in [3.63, 3.8) is 0 Å². The average Bonchev–Trinajstić information content (AvgIpc) is 2.29. The van der Waals surface area contributed by atoms with Crippen molar-refractivity contribution >= 4 is 0 Å². The lowest BCUT2D eigenvalue weighted by Crippen LogP contribution is -2.42. The van der Waals surface area contributed by atoms with Crippen LogP contribution in [-0.2, 0) is 14.2 Å². The van der Waals surface area contributed by atoms with Gasteiger partial charge in [0, 0.05) is 20.1 Å². The lowest BCUT2D eigenvalue weighted by Gasteiger charge is -2.31. The Hall–Kier alpha value is -0.200. The summed E-state index contributed by atoms with van der Waals surface area (Å²) in [6.45, 7) is 7.64. The highest BCUT2D eigenvalue weighted by Gasteiger charge is 2.25. The fourth-order valence-electron chi connectivity index (χ4n) is 1.52. The van der Waals surface area contributed by atoms with Crippen molar-refractivity contribution in [3.05, 3.63) is 0 Å². The van der Waals surface area contributed by atoms with E-state index >= 15 is 0 Å². The molecule has 0 spiro atoms. The molecule has 2 unspecified atom stereocenters. The topological polar surface area (TPSA) is 73.9 Å². The largest absolute Gasteiger partial charge is 0.396 e. The van der Waals surface area contributed by atoms with Crippen molar-refractivity contribution in [2.75, 3.05) is 33.5 Å². The Morgan fingerprint density at radius 2 is 1.72 bits per heavy atom. The Kier molecular flexibility index (Phi) is 8.73. The average molecular weight is 263 g/mol. The summed E-state index contributed by atoms with van der Waals surface area (Å²) in [6, 6.07) is 0. The first-order valence-corrected chi connectivity index (χ1v) is 6.56. The monoisotopic (exact) mass is 263 g/mol. The molecular weight excluding hydrogens is 234 g/mol. The second-order valence-electron chi connectivity index (χ2n) is 5.03. The lowest BCUT2D eigenvalue weighted by molar-refractivity contribution is -0.0969. The van der Waals surface area contributed by atoms with Gasteiger partial charge in [-0.1, -0.05) is 6.92 Å². The smallest absolute Gasteiger partial charge is 0.116 e. The van der Waals surface area contributed by atoms with Crippen molar-refractivity contribution in [3.8, 4) is 0 Å². The Balaban J connectivity index is 3.98. The quantitative estimate of drug-likeness (QED) is 0.434. The van der Waals surface area contributed by atoms with Crippen LogP contribution in [0.1, 0.15) is 40.0 Å². The highest BCUT2D eigenvalue weighted by Crippen LogP contribution is 2.21. The van der Waals surface area contributed by atoms with Gasteiger partial charge in [0.2, 0.25) is 0 Å². The van der Waals surface area contributed by atoms with Crippen LogP contribution in [0.5, 0.6) is 0 Å². The zero-order valence-corrected chi connectivity index (χ0v) is 12.2. The van der Waals surface area contributed by atoms with E-state index in [2.05, 4.69) is 13.8 Å². The lowest BCUT2D eigenvalue weighted by atomic mass is 9.99. The van der Waals surface area contributed by atoms with E-state index in [9.17, 15) is 0 Å². The SMILES string of the molecule is CCC(C)(CCOC(C)(N)CCO)OCCOC. The predicted molar refractivity (Wildman–Crippen MR) is 71.4 cm³/mol. The van der Waals surface area contributed by atoms with Crippen LogP contribution in [0.3, 0.4) is 0 Å². The number of hydrogen-bond acceptors (Lipinski definition) is 5. The maximum atomic E-state index is 8.85. The highest BCUT2D eigenvalue weighted by atomic mass is 16.5. The first-order valence-electron chi connectivity index (χ1n) is 6.56. The van der Waals surface area contributed by atoms with Crippen molar-refractivity contribution in [2.24, 2.45) is 5.73 Å². The second kappa shape index (κ2) is 8.82. The zero-order valence-electron chi connectivity index (χ0n) is 12.2. The van der Waals surface area contributed by atoms with Crippen LogP contribution in [0.4, 0.5) is 0 Å². The molecule has 3 N–H and O–H groups in total. The fourth-order valence-corrected chi connectivity index (χ4v) is 1.52. The number of hydrogen-bond donors (Lipinski definition) is 2. The summed E-state index contributed by atoms with van der Waals surface area (Å²) >= 11 is 0. The molecule has 0 bridgehead atoms. The predicted octanol–water partition coefficient (Wildman–Crippen LogP) is 1.28. The summed E-state index contributed by atoms with van der Waals surface area (Å²) in [4.78, 5) is 0. The van der Waals surface area contributed by atoms with E-state index in [-0.39, 0.29) is 12.2 Å². The number of rotatable bonds is 11. The minimum atomic E-state index is -0.768. The third-order valence-electron chi connectivity index (χ3n) is 3.16. The summed E-state index contributed by atoms with van der Waals surface area (Å²) in [5, 5.41) is 8.85. The molecule has 0 aromatic rings. The first-order chi connectivity index (χ1) is 8.39. The molecule has 0 radical (unpaired) electrons. The van der Waals surface area contributed by atoms with E-state index in [1.807, 2.05) is 0 Å². The van der Waals surface area contributed by atoms with Gasteiger partial charge in [0.1, 0.15) is 5.72 Å². The van der Waals surface area contributed by atoms with Crippen LogP contribution in [-0.4, -0.2) is 50.0 Å². The highest BCUT2D eigenvalue weighted by molar-refractivity contribution is 4.74. The third kappa shape index (κ3) is 8.00. The maximum Gasteiger partial charge on any atom is 0.116 e. The molecule has 0 aromatic heterocycles. The minimum Gasteiger partial charge on any atom is -0.396 e. The molecule has 0 aliphatic carbocycles. The van der Waals surface area contributed by atoms with Gasteiger partial charge in [0.25, 0.3) is 0 Å². The summed E-state index contributed by atoms with van der Waals surface area (Å²) in [5.41, 5.74) is 4.89. The van der Waals surface area contributed by atoms with Gasteiger partial charge in [-0.2, -0.15) is 0 Å². The van der Waals surface area contributed by atoms with Crippen molar-refractivity contribution in [1.29, 1.82) is 0 Å². The minimum absolute atomic E-state index is 0.0301. The van der Waals surface area contributed by atoms with Crippen molar-refractivity contribution < 1.29 is 19.3 Å². The van der Waals surface area contributed by atoms with E-state index in [0.29, 0.717) is 26.2 Å².